The highest BCUT2D eigenvalue weighted by atomic mass is 16.5. The number of nitrogens with zero attached hydrogens (tertiary/aromatic N) is 1. The molecule has 0 saturated carbocycles. The van der Waals surface area contributed by atoms with E-state index < -0.39 is 0 Å². The molecule has 0 aliphatic heterocycles. The highest BCUT2D eigenvalue weighted by Gasteiger charge is 2.22. The van der Waals surface area contributed by atoms with Crippen LogP contribution in [-0.2, 0) is 0 Å². The number of rotatable bonds is 2. The van der Waals surface area contributed by atoms with Gasteiger partial charge in [-0.05, 0) is 51.2 Å². The van der Waals surface area contributed by atoms with Crippen LogP contribution in [0.2, 0.25) is 0 Å². The Kier molecular flexibility index (Phi) is 3.97. The molecule has 146 valence electrons. The summed E-state index contributed by atoms with van der Waals surface area (Å²) in [6, 6.07) is 38.9. The van der Waals surface area contributed by atoms with Gasteiger partial charge in [-0.1, -0.05) is 84.9 Å². The molecule has 5 aromatic carbocycles. The van der Waals surface area contributed by atoms with Crippen LogP contribution in [0.5, 0.6) is 0 Å². The molecule has 0 radical (unpaired) electrons. The Hall–Kier alpha value is -4.17. The summed E-state index contributed by atoms with van der Waals surface area (Å²) in [5, 5.41) is 20.5. The van der Waals surface area contributed by atoms with E-state index in [1.165, 1.54) is 5.39 Å². The smallest absolute Gasteiger partial charge is 0.232 e. The van der Waals surface area contributed by atoms with Gasteiger partial charge in [-0.25, -0.2) is 0 Å². The summed E-state index contributed by atoms with van der Waals surface area (Å²) in [4.78, 5) is 0. The number of pyridine rings is 1. The van der Waals surface area contributed by atoms with Crippen LogP contribution in [0.25, 0.3) is 54.8 Å². The monoisotopic (exact) mass is 397 g/mol. The molecule has 2 nitrogen and oxygen atoms in total. The molecule has 0 bridgehead atoms. The van der Waals surface area contributed by atoms with E-state index in [2.05, 4.69) is 48.5 Å². The quantitative estimate of drug-likeness (QED) is 0.174. The van der Waals surface area contributed by atoms with E-state index in [0.29, 0.717) is 11.4 Å². The molecule has 0 aliphatic carbocycles. The van der Waals surface area contributed by atoms with Crippen LogP contribution < -0.4 is 4.73 Å². The second-order valence-electron chi connectivity index (χ2n) is 7.82. The van der Waals surface area contributed by atoms with Crippen LogP contribution in [0.4, 0.5) is 0 Å². The predicted molar refractivity (Wildman–Crippen MR) is 129 cm³/mol. The van der Waals surface area contributed by atoms with Crippen molar-refractivity contribution in [3.63, 3.8) is 0 Å². The van der Waals surface area contributed by atoms with Crippen LogP contribution in [0.1, 0.15) is 0 Å². The zero-order valence-electron chi connectivity index (χ0n) is 16.8. The lowest BCUT2D eigenvalue weighted by atomic mass is 9.93. The zero-order chi connectivity index (χ0) is 20.8. The number of hydrogen-bond acceptors (Lipinski definition) is 1. The second-order valence-corrected chi connectivity index (χ2v) is 7.82. The highest BCUT2D eigenvalue weighted by Crippen LogP contribution is 2.37. The summed E-state index contributed by atoms with van der Waals surface area (Å²) < 4.78 is 1.11. The topological polar surface area (TPSA) is 26.9 Å². The average molecular weight is 397 g/mol. The summed E-state index contributed by atoms with van der Waals surface area (Å²) in [5.74, 6) is 0. The summed E-state index contributed by atoms with van der Waals surface area (Å²) in [7, 11) is 0. The molecular formula is C29H19NO. The van der Waals surface area contributed by atoms with Gasteiger partial charge in [0.25, 0.3) is 0 Å². The van der Waals surface area contributed by atoms with Crippen molar-refractivity contribution < 1.29 is 4.73 Å². The second kappa shape index (κ2) is 6.96. The molecule has 0 spiro atoms. The average Bonchev–Trinajstić information content (AvgIpc) is 2.84. The molecule has 2 heteroatoms. The van der Waals surface area contributed by atoms with Crippen LogP contribution in [-0.4, -0.2) is 0 Å². The lowest BCUT2D eigenvalue weighted by Crippen LogP contribution is -2.32. The van der Waals surface area contributed by atoms with Crippen molar-refractivity contribution in [3.8, 4) is 22.5 Å². The van der Waals surface area contributed by atoms with Gasteiger partial charge in [-0.3, -0.25) is 0 Å². The van der Waals surface area contributed by atoms with E-state index in [4.69, 9.17) is 0 Å². The Bertz CT molecular complexity index is 1590. The van der Waals surface area contributed by atoms with Gasteiger partial charge >= 0.3 is 0 Å². The fourth-order valence-electron chi connectivity index (χ4n) is 4.59. The minimum absolute atomic E-state index is 0.659. The van der Waals surface area contributed by atoms with Gasteiger partial charge in [0.15, 0.2) is 0 Å². The van der Waals surface area contributed by atoms with Crippen molar-refractivity contribution in [2.45, 2.75) is 0 Å². The first-order valence-electron chi connectivity index (χ1n) is 10.4. The molecule has 1 heterocycles. The highest BCUT2D eigenvalue weighted by molar-refractivity contribution is 6.15. The Balaban J connectivity index is 1.80. The lowest BCUT2D eigenvalue weighted by molar-refractivity contribution is -0.580. The van der Waals surface area contributed by atoms with Gasteiger partial charge in [-0.2, -0.15) is 4.73 Å². The zero-order valence-corrected chi connectivity index (χ0v) is 16.8. The maximum atomic E-state index is 13.9. The van der Waals surface area contributed by atoms with E-state index >= 15 is 0 Å². The van der Waals surface area contributed by atoms with Crippen LogP contribution in [0.3, 0.4) is 0 Å². The third kappa shape index (κ3) is 2.77. The number of benzene rings is 5. The van der Waals surface area contributed by atoms with Crippen molar-refractivity contribution in [1.82, 2.24) is 0 Å². The Labute approximate surface area is 180 Å². The van der Waals surface area contributed by atoms with Gasteiger partial charge < -0.3 is 5.21 Å². The fourth-order valence-corrected chi connectivity index (χ4v) is 4.59. The summed E-state index contributed by atoms with van der Waals surface area (Å²) >= 11 is 0. The molecule has 0 atom stereocenters. The van der Waals surface area contributed by atoms with Crippen molar-refractivity contribution in [1.29, 1.82) is 0 Å². The van der Waals surface area contributed by atoms with Gasteiger partial charge in [0.05, 0.1) is 10.9 Å². The van der Waals surface area contributed by atoms with Crippen molar-refractivity contribution in [2.75, 3.05) is 0 Å². The Morgan fingerprint density at radius 2 is 1.03 bits per heavy atom. The molecular weight excluding hydrogens is 378 g/mol. The van der Waals surface area contributed by atoms with Crippen LogP contribution >= 0.6 is 0 Å². The maximum Gasteiger partial charge on any atom is 0.232 e. The maximum absolute atomic E-state index is 13.9. The van der Waals surface area contributed by atoms with Crippen molar-refractivity contribution in [3.05, 3.63) is 120 Å². The number of fused-ring (bicyclic) bond motifs is 4. The van der Waals surface area contributed by atoms with Crippen LogP contribution in [0.15, 0.2) is 115 Å². The normalized spacial score (nSPS) is 11.4. The van der Waals surface area contributed by atoms with Gasteiger partial charge in [-0.15, -0.1) is 0 Å². The molecule has 0 amide bonds. The first-order valence-corrected chi connectivity index (χ1v) is 10.4. The molecule has 31 heavy (non-hydrogen) atoms. The molecule has 6 aromatic rings. The third-order valence-electron chi connectivity index (χ3n) is 6.02. The van der Waals surface area contributed by atoms with E-state index in [1.54, 1.807) is 0 Å². The number of aromatic nitrogens is 1. The first-order chi connectivity index (χ1) is 15.3. The fraction of sp³-hybridized carbons (Fsp3) is 0. The first kappa shape index (κ1) is 17.7. The molecule has 0 N–H and O–H groups in total. The summed E-state index contributed by atoms with van der Waals surface area (Å²) in [6.45, 7) is 0. The molecule has 1 aromatic heterocycles. The third-order valence-corrected chi connectivity index (χ3v) is 6.02. The van der Waals surface area contributed by atoms with Gasteiger partial charge in [0.1, 0.15) is 0 Å². The Morgan fingerprint density at radius 3 is 1.77 bits per heavy atom. The van der Waals surface area contributed by atoms with Gasteiger partial charge in [0, 0.05) is 11.6 Å². The predicted octanol–water partition coefficient (Wildman–Crippen LogP) is 7.11. The molecule has 0 aliphatic rings. The van der Waals surface area contributed by atoms with Crippen molar-refractivity contribution in [2.24, 2.45) is 0 Å². The minimum Gasteiger partial charge on any atom is -0.618 e. The SMILES string of the molecule is [O-][n+]1c(-c2ccccc2)cc2ccccc2c1-c1cc2ccccc2c2ccccc12. The minimum atomic E-state index is 0.659. The Morgan fingerprint density at radius 1 is 0.484 bits per heavy atom. The van der Waals surface area contributed by atoms with E-state index in [0.717, 1.165) is 42.8 Å². The van der Waals surface area contributed by atoms with E-state index in [9.17, 15) is 5.21 Å². The summed E-state index contributed by atoms with van der Waals surface area (Å²) in [6.07, 6.45) is 0. The lowest BCUT2D eigenvalue weighted by Gasteiger charge is -2.15. The molecule has 0 saturated heterocycles. The standard InChI is InChI=1S/C29H19NO/c31-30-28(20-10-2-1-3-11-20)19-22-13-5-7-15-24(22)29(30)27-18-21-12-4-6-14-23(21)25-16-8-9-17-26(25)27/h1-19H. The summed E-state index contributed by atoms with van der Waals surface area (Å²) in [5.41, 5.74) is 3.22. The molecule has 0 unspecified atom stereocenters. The van der Waals surface area contributed by atoms with E-state index in [1.807, 2.05) is 66.7 Å². The molecule has 0 fully saturated rings. The van der Waals surface area contributed by atoms with Crippen molar-refractivity contribution >= 4 is 32.3 Å². The molecule has 6 rings (SSSR count). The van der Waals surface area contributed by atoms with E-state index in [-0.39, 0.29) is 0 Å². The van der Waals surface area contributed by atoms with Gasteiger partial charge in [0.2, 0.25) is 11.4 Å². The largest absolute Gasteiger partial charge is 0.618 e. The van der Waals surface area contributed by atoms with Crippen LogP contribution in [0, 0.1) is 5.21 Å². The number of hydrogen-bond donors (Lipinski definition) is 0.